The smallest absolute Gasteiger partial charge is 0.271 e. The summed E-state index contributed by atoms with van der Waals surface area (Å²) in [6, 6.07) is 10.7. The lowest BCUT2D eigenvalue weighted by atomic mass is 9.94. The minimum Gasteiger partial charge on any atom is -0.350 e. The molecule has 0 bridgehead atoms. The summed E-state index contributed by atoms with van der Waals surface area (Å²) in [5.74, 6) is -0.232. The Labute approximate surface area is 146 Å². The number of likely N-dealkylation sites (tertiary alicyclic amines) is 1. The van der Waals surface area contributed by atoms with E-state index in [1.165, 1.54) is 17.7 Å². The number of hydrogen-bond donors (Lipinski definition) is 1. The zero-order chi connectivity index (χ0) is 17.7. The minimum absolute atomic E-state index is 0.0197. The third kappa shape index (κ3) is 2.53. The first-order valence-corrected chi connectivity index (χ1v) is 8.61. The molecule has 1 fully saturated rings. The number of benzene rings is 2. The van der Waals surface area contributed by atoms with Gasteiger partial charge in [-0.3, -0.25) is 4.79 Å². The van der Waals surface area contributed by atoms with E-state index in [1.54, 1.807) is 12.1 Å². The summed E-state index contributed by atoms with van der Waals surface area (Å²) in [7, 11) is 0. The van der Waals surface area contributed by atoms with Gasteiger partial charge < -0.3 is 9.88 Å². The predicted molar refractivity (Wildman–Crippen MR) is 97.3 cm³/mol. The first-order valence-electron chi connectivity index (χ1n) is 8.61. The van der Waals surface area contributed by atoms with Gasteiger partial charge in [-0.25, -0.2) is 4.39 Å². The SMILES string of the molecule is Cc1cc(C)c2[nH]c(C(=O)N3CCC3c3ccc(F)cc3)c(C)c2c1. The molecule has 25 heavy (non-hydrogen) atoms. The lowest BCUT2D eigenvalue weighted by molar-refractivity contribution is 0.0454. The Bertz CT molecular complexity index is 972. The Morgan fingerprint density at radius 1 is 1.16 bits per heavy atom. The summed E-state index contributed by atoms with van der Waals surface area (Å²) in [4.78, 5) is 18.3. The van der Waals surface area contributed by atoms with Crippen LogP contribution < -0.4 is 0 Å². The Morgan fingerprint density at radius 2 is 1.88 bits per heavy atom. The van der Waals surface area contributed by atoms with E-state index < -0.39 is 0 Å². The van der Waals surface area contributed by atoms with E-state index in [2.05, 4.69) is 31.0 Å². The molecule has 128 valence electrons. The van der Waals surface area contributed by atoms with Gasteiger partial charge in [0, 0.05) is 17.4 Å². The van der Waals surface area contributed by atoms with Crippen molar-refractivity contribution in [2.45, 2.75) is 33.2 Å². The Balaban J connectivity index is 1.69. The van der Waals surface area contributed by atoms with Crippen molar-refractivity contribution in [3.05, 3.63) is 70.2 Å². The number of H-pyrrole nitrogens is 1. The molecule has 3 aromatic rings. The van der Waals surface area contributed by atoms with Crippen LogP contribution in [0.1, 0.15) is 45.2 Å². The molecule has 1 aliphatic heterocycles. The summed E-state index contributed by atoms with van der Waals surface area (Å²) in [5.41, 5.74) is 6.02. The van der Waals surface area contributed by atoms with E-state index in [0.717, 1.165) is 40.6 Å². The molecule has 1 amide bonds. The first-order chi connectivity index (χ1) is 12.0. The Hall–Kier alpha value is -2.62. The second-order valence-electron chi connectivity index (χ2n) is 6.98. The highest BCUT2D eigenvalue weighted by Crippen LogP contribution is 2.36. The van der Waals surface area contributed by atoms with E-state index in [-0.39, 0.29) is 17.8 Å². The van der Waals surface area contributed by atoms with Crippen LogP contribution in [0.4, 0.5) is 4.39 Å². The fourth-order valence-corrected chi connectivity index (χ4v) is 3.80. The standard InChI is InChI=1S/C21H21FN2O/c1-12-10-13(2)19-17(11-12)14(3)20(23-19)21(25)24-9-8-18(24)15-4-6-16(22)7-5-15/h4-7,10-11,18,23H,8-9H2,1-3H3. The molecule has 1 atom stereocenters. The minimum atomic E-state index is -0.252. The predicted octanol–water partition coefficient (Wildman–Crippen LogP) is 4.82. The van der Waals surface area contributed by atoms with Crippen molar-refractivity contribution in [1.82, 2.24) is 9.88 Å². The molecule has 0 aliphatic carbocycles. The molecule has 4 rings (SSSR count). The topological polar surface area (TPSA) is 36.1 Å². The second kappa shape index (κ2) is 5.73. The summed E-state index contributed by atoms with van der Waals surface area (Å²) in [5, 5.41) is 1.11. The van der Waals surface area contributed by atoms with E-state index in [4.69, 9.17) is 0 Å². The number of aryl methyl sites for hydroxylation is 3. The molecule has 1 aromatic heterocycles. The number of nitrogens with zero attached hydrogens (tertiary/aromatic N) is 1. The Morgan fingerprint density at radius 3 is 2.52 bits per heavy atom. The number of aromatic nitrogens is 1. The van der Waals surface area contributed by atoms with Gasteiger partial charge in [-0.15, -0.1) is 0 Å². The van der Waals surface area contributed by atoms with E-state index in [9.17, 15) is 9.18 Å². The highest BCUT2D eigenvalue weighted by molar-refractivity contribution is 6.02. The quantitative estimate of drug-likeness (QED) is 0.715. The lowest BCUT2D eigenvalue weighted by Crippen LogP contribution is -2.45. The summed E-state index contributed by atoms with van der Waals surface area (Å²) in [6.07, 6.45) is 0.911. The highest BCUT2D eigenvalue weighted by Gasteiger charge is 2.35. The summed E-state index contributed by atoms with van der Waals surface area (Å²) in [6.45, 7) is 6.86. The molecule has 0 radical (unpaired) electrons. The van der Waals surface area contributed by atoms with Crippen molar-refractivity contribution in [1.29, 1.82) is 0 Å². The number of rotatable bonds is 2. The molecule has 1 aliphatic rings. The third-order valence-electron chi connectivity index (χ3n) is 5.26. The van der Waals surface area contributed by atoms with Gasteiger partial charge in [-0.2, -0.15) is 0 Å². The van der Waals surface area contributed by atoms with Gasteiger partial charge in [0.05, 0.1) is 6.04 Å². The van der Waals surface area contributed by atoms with Crippen LogP contribution in [-0.2, 0) is 0 Å². The molecule has 2 heterocycles. The van der Waals surface area contributed by atoms with Crippen LogP contribution in [-0.4, -0.2) is 22.3 Å². The van der Waals surface area contributed by atoms with Gasteiger partial charge in [0.2, 0.25) is 0 Å². The van der Waals surface area contributed by atoms with E-state index in [0.29, 0.717) is 5.69 Å². The van der Waals surface area contributed by atoms with E-state index in [1.807, 2.05) is 11.8 Å². The number of fused-ring (bicyclic) bond motifs is 1. The summed E-state index contributed by atoms with van der Waals surface area (Å²) < 4.78 is 13.1. The fourth-order valence-electron chi connectivity index (χ4n) is 3.80. The number of nitrogens with one attached hydrogen (secondary N) is 1. The molecule has 3 nitrogen and oxygen atoms in total. The molecule has 0 saturated carbocycles. The molecular formula is C21H21FN2O. The number of carbonyl (C=O) groups is 1. The van der Waals surface area contributed by atoms with Gasteiger partial charge >= 0.3 is 0 Å². The maximum Gasteiger partial charge on any atom is 0.271 e. The Kier molecular flexibility index (Phi) is 3.64. The van der Waals surface area contributed by atoms with Gasteiger partial charge in [0.25, 0.3) is 5.91 Å². The average Bonchev–Trinajstić information content (AvgIpc) is 2.86. The molecule has 1 saturated heterocycles. The number of hydrogen-bond acceptors (Lipinski definition) is 1. The van der Waals surface area contributed by atoms with Crippen molar-refractivity contribution >= 4 is 16.8 Å². The van der Waals surface area contributed by atoms with Crippen LogP contribution in [0, 0.1) is 26.6 Å². The first kappa shape index (κ1) is 15.9. The maximum absolute atomic E-state index is 13.1. The van der Waals surface area contributed by atoms with Gasteiger partial charge in [0.15, 0.2) is 0 Å². The van der Waals surface area contributed by atoms with Gasteiger partial charge in [-0.05, 0) is 62.1 Å². The van der Waals surface area contributed by atoms with Crippen molar-refractivity contribution in [3.8, 4) is 0 Å². The zero-order valence-electron chi connectivity index (χ0n) is 14.7. The molecule has 1 N–H and O–H groups in total. The van der Waals surface area contributed by atoms with Crippen LogP contribution >= 0.6 is 0 Å². The maximum atomic E-state index is 13.1. The highest BCUT2D eigenvalue weighted by atomic mass is 19.1. The largest absolute Gasteiger partial charge is 0.350 e. The van der Waals surface area contributed by atoms with Crippen molar-refractivity contribution in [3.63, 3.8) is 0 Å². The molecule has 2 aromatic carbocycles. The zero-order valence-corrected chi connectivity index (χ0v) is 14.7. The molecule has 0 spiro atoms. The number of carbonyl (C=O) groups excluding carboxylic acids is 1. The number of aromatic amines is 1. The normalized spacial score (nSPS) is 17.0. The van der Waals surface area contributed by atoms with Crippen molar-refractivity contribution < 1.29 is 9.18 Å². The van der Waals surface area contributed by atoms with Crippen LogP contribution in [0.25, 0.3) is 10.9 Å². The number of halogens is 1. The molecule has 4 heteroatoms. The van der Waals surface area contributed by atoms with Gasteiger partial charge in [0.1, 0.15) is 11.5 Å². The third-order valence-corrected chi connectivity index (χ3v) is 5.26. The van der Waals surface area contributed by atoms with Gasteiger partial charge in [-0.1, -0.05) is 23.8 Å². The van der Waals surface area contributed by atoms with Crippen LogP contribution in [0.3, 0.4) is 0 Å². The lowest BCUT2D eigenvalue weighted by Gasteiger charge is -2.41. The van der Waals surface area contributed by atoms with Crippen molar-refractivity contribution in [2.24, 2.45) is 0 Å². The molecule has 1 unspecified atom stereocenters. The average molecular weight is 336 g/mol. The van der Waals surface area contributed by atoms with Crippen LogP contribution in [0.5, 0.6) is 0 Å². The molecular weight excluding hydrogens is 315 g/mol. The van der Waals surface area contributed by atoms with Crippen molar-refractivity contribution in [2.75, 3.05) is 6.54 Å². The monoisotopic (exact) mass is 336 g/mol. The van der Waals surface area contributed by atoms with Crippen LogP contribution in [0.15, 0.2) is 36.4 Å². The van der Waals surface area contributed by atoms with Crippen LogP contribution in [0.2, 0.25) is 0 Å². The second-order valence-corrected chi connectivity index (χ2v) is 6.98. The van der Waals surface area contributed by atoms with E-state index >= 15 is 0 Å². The number of amides is 1. The fraction of sp³-hybridized carbons (Fsp3) is 0.286. The summed E-state index contributed by atoms with van der Waals surface area (Å²) >= 11 is 0.